The predicted octanol–water partition coefficient (Wildman–Crippen LogP) is 3.74. The van der Waals surface area contributed by atoms with Crippen molar-refractivity contribution in [3.63, 3.8) is 0 Å². The SMILES string of the molecule is C[C@]12CC[C@H]3[C@@H](CC[C@H]4CC[C@@H](O)C[C@@H]43)[C@@H]1CCC21OCCO1. The van der Waals surface area contributed by atoms with Gasteiger partial charge in [0.05, 0.1) is 19.3 Å². The van der Waals surface area contributed by atoms with E-state index in [-0.39, 0.29) is 17.3 Å². The summed E-state index contributed by atoms with van der Waals surface area (Å²) in [5, 5.41) is 10.2. The number of aliphatic hydroxyl groups is 1. The molecule has 5 rings (SSSR count). The third kappa shape index (κ3) is 1.99. The van der Waals surface area contributed by atoms with Gasteiger partial charge in [0, 0.05) is 11.8 Å². The molecule has 4 saturated carbocycles. The predicted molar refractivity (Wildman–Crippen MR) is 87.8 cm³/mol. The van der Waals surface area contributed by atoms with Crippen molar-refractivity contribution in [2.45, 2.75) is 76.6 Å². The summed E-state index contributed by atoms with van der Waals surface area (Å²) in [6.45, 7) is 4.04. The molecule has 23 heavy (non-hydrogen) atoms. The van der Waals surface area contributed by atoms with Gasteiger partial charge in [0.1, 0.15) is 0 Å². The maximum absolute atomic E-state index is 10.2. The maximum atomic E-state index is 10.2. The van der Waals surface area contributed by atoms with Crippen LogP contribution < -0.4 is 0 Å². The molecule has 0 radical (unpaired) electrons. The molecule has 0 bridgehead atoms. The summed E-state index contributed by atoms with van der Waals surface area (Å²) in [5.74, 6) is 3.93. The second kappa shape index (κ2) is 5.19. The molecular weight excluding hydrogens is 288 g/mol. The van der Waals surface area contributed by atoms with Crippen LogP contribution in [0.2, 0.25) is 0 Å². The van der Waals surface area contributed by atoms with Crippen LogP contribution in [0.3, 0.4) is 0 Å². The van der Waals surface area contributed by atoms with Crippen LogP contribution in [-0.2, 0) is 9.47 Å². The average molecular weight is 320 g/mol. The molecule has 1 saturated heterocycles. The largest absolute Gasteiger partial charge is 0.393 e. The maximum Gasteiger partial charge on any atom is 0.174 e. The van der Waals surface area contributed by atoms with Gasteiger partial charge in [0.25, 0.3) is 0 Å². The fourth-order valence-corrected chi connectivity index (χ4v) is 7.68. The second-order valence-electron chi connectivity index (χ2n) is 9.35. The molecular formula is C20H32O3. The van der Waals surface area contributed by atoms with Crippen molar-refractivity contribution in [3.8, 4) is 0 Å². The molecule has 1 aliphatic heterocycles. The molecule has 3 heteroatoms. The van der Waals surface area contributed by atoms with Gasteiger partial charge in [-0.25, -0.2) is 0 Å². The Kier molecular flexibility index (Phi) is 3.42. The molecule has 5 aliphatic rings. The van der Waals surface area contributed by atoms with Gasteiger partial charge < -0.3 is 14.6 Å². The summed E-state index contributed by atoms with van der Waals surface area (Å²) in [5.41, 5.74) is 0.227. The lowest BCUT2D eigenvalue weighted by atomic mass is 9.50. The quantitative estimate of drug-likeness (QED) is 0.739. The molecule has 5 fully saturated rings. The minimum absolute atomic E-state index is 0.0280. The molecule has 0 amide bonds. The summed E-state index contributed by atoms with van der Waals surface area (Å²) >= 11 is 0. The Hall–Kier alpha value is -0.120. The standard InChI is InChI=1S/C20H32O3/c1-19-8-6-15-16(5-3-13-2-4-14(21)12-17(13)15)18(19)7-9-20(19)22-10-11-23-20/h13-18,21H,2-12H2,1H3/t13-,14-,15+,16-,17+,18+,19+/m1/s1. The lowest BCUT2D eigenvalue weighted by Gasteiger charge is -2.57. The molecule has 1 N–H and O–H groups in total. The first kappa shape index (κ1) is 15.2. The third-order valence-electron chi connectivity index (χ3n) is 8.73. The molecule has 7 atom stereocenters. The van der Waals surface area contributed by atoms with E-state index in [4.69, 9.17) is 9.47 Å². The second-order valence-corrected chi connectivity index (χ2v) is 9.35. The average Bonchev–Trinajstić information content (AvgIpc) is 3.14. The van der Waals surface area contributed by atoms with Crippen LogP contribution in [-0.4, -0.2) is 30.2 Å². The van der Waals surface area contributed by atoms with Gasteiger partial charge >= 0.3 is 0 Å². The Balaban J connectivity index is 1.43. The van der Waals surface area contributed by atoms with E-state index in [2.05, 4.69) is 6.92 Å². The minimum Gasteiger partial charge on any atom is -0.393 e. The van der Waals surface area contributed by atoms with Crippen molar-refractivity contribution in [2.24, 2.45) is 35.0 Å². The summed E-state index contributed by atoms with van der Waals surface area (Å²) in [4.78, 5) is 0. The molecule has 0 unspecified atom stereocenters. The Morgan fingerprint density at radius 1 is 0.826 bits per heavy atom. The zero-order valence-electron chi connectivity index (χ0n) is 14.5. The monoisotopic (exact) mass is 320 g/mol. The minimum atomic E-state index is -0.258. The molecule has 0 aromatic carbocycles. The van der Waals surface area contributed by atoms with Crippen LogP contribution in [0.25, 0.3) is 0 Å². The Morgan fingerprint density at radius 3 is 2.43 bits per heavy atom. The fraction of sp³-hybridized carbons (Fsp3) is 1.00. The number of hydrogen-bond acceptors (Lipinski definition) is 3. The highest BCUT2D eigenvalue weighted by Gasteiger charge is 2.65. The van der Waals surface area contributed by atoms with Gasteiger partial charge in [-0.3, -0.25) is 0 Å². The van der Waals surface area contributed by atoms with Gasteiger partial charge in [-0.15, -0.1) is 0 Å². The zero-order valence-corrected chi connectivity index (χ0v) is 14.5. The molecule has 1 heterocycles. The van der Waals surface area contributed by atoms with Crippen molar-refractivity contribution in [1.82, 2.24) is 0 Å². The number of hydrogen-bond donors (Lipinski definition) is 1. The van der Waals surface area contributed by atoms with Crippen molar-refractivity contribution >= 4 is 0 Å². The molecule has 130 valence electrons. The van der Waals surface area contributed by atoms with Crippen molar-refractivity contribution in [3.05, 3.63) is 0 Å². The fourth-order valence-electron chi connectivity index (χ4n) is 7.68. The summed E-state index contributed by atoms with van der Waals surface area (Å²) in [6, 6.07) is 0. The van der Waals surface area contributed by atoms with E-state index >= 15 is 0 Å². The van der Waals surface area contributed by atoms with Gasteiger partial charge in [-0.2, -0.15) is 0 Å². The Labute approximate surface area is 140 Å². The van der Waals surface area contributed by atoms with Crippen LogP contribution in [0.5, 0.6) is 0 Å². The third-order valence-corrected chi connectivity index (χ3v) is 8.73. The molecule has 0 aromatic rings. The number of fused-ring (bicyclic) bond motifs is 6. The Bertz CT molecular complexity index is 472. The van der Waals surface area contributed by atoms with Gasteiger partial charge in [0.2, 0.25) is 0 Å². The van der Waals surface area contributed by atoms with E-state index in [1.165, 1.54) is 38.5 Å². The zero-order chi connectivity index (χ0) is 15.7. The molecule has 3 nitrogen and oxygen atoms in total. The van der Waals surface area contributed by atoms with E-state index in [1.54, 1.807) is 0 Å². The Morgan fingerprint density at radius 2 is 1.61 bits per heavy atom. The van der Waals surface area contributed by atoms with Crippen LogP contribution in [0.1, 0.15) is 64.7 Å². The van der Waals surface area contributed by atoms with Crippen LogP contribution >= 0.6 is 0 Å². The van der Waals surface area contributed by atoms with Crippen molar-refractivity contribution in [1.29, 1.82) is 0 Å². The van der Waals surface area contributed by atoms with E-state index in [0.717, 1.165) is 62.1 Å². The number of rotatable bonds is 0. The number of ether oxygens (including phenoxy) is 2. The van der Waals surface area contributed by atoms with Crippen LogP contribution in [0.15, 0.2) is 0 Å². The van der Waals surface area contributed by atoms with Crippen LogP contribution in [0, 0.1) is 35.0 Å². The van der Waals surface area contributed by atoms with E-state index in [0.29, 0.717) is 0 Å². The lowest BCUT2D eigenvalue weighted by molar-refractivity contribution is -0.243. The summed E-state index contributed by atoms with van der Waals surface area (Å²) in [7, 11) is 0. The highest BCUT2D eigenvalue weighted by atomic mass is 16.7. The van der Waals surface area contributed by atoms with Gasteiger partial charge in [-0.1, -0.05) is 6.92 Å². The highest BCUT2D eigenvalue weighted by molar-refractivity contribution is 5.10. The first-order valence-corrected chi connectivity index (χ1v) is 10.1. The summed E-state index contributed by atoms with van der Waals surface area (Å²) in [6.07, 6.45) is 11.2. The number of aliphatic hydroxyl groups excluding tert-OH is 1. The summed E-state index contributed by atoms with van der Waals surface area (Å²) < 4.78 is 12.4. The van der Waals surface area contributed by atoms with Crippen molar-refractivity contribution < 1.29 is 14.6 Å². The lowest BCUT2D eigenvalue weighted by Crippen LogP contribution is -2.54. The highest BCUT2D eigenvalue weighted by Crippen LogP contribution is 2.66. The smallest absolute Gasteiger partial charge is 0.174 e. The van der Waals surface area contributed by atoms with Crippen LogP contribution in [0.4, 0.5) is 0 Å². The van der Waals surface area contributed by atoms with E-state index in [1.807, 2.05) is 0 Å². The van der Waals surface area contributed by atoms with Crippen molar-refractivity contribution in [2.75, 3.05) is 13.2 Å². The van der Waals surface area contributed by atoms with E-state index < -0.39 is 0 Å². The normalized spacial score (nSPS) is 54.5. The van der Waals surface area contributed by atoms with Gasteiger partial charge in [-0.05, 0) is 81.0 Å². The molecule has 1 spiro atoms. The molecule has 0 aromatic heterocycles. The molecule has 4 aliphatic carbocycles. The first-order valence-electron chi connectivity index (χ1n) is 10.1. The van der Waals surface area contributed by atoms with E-state index in [9.17, 15) is 5.11 Å². The van der Waals surface area contributed by atoms with Gasteiger partial charge in [0.15, 0.2) is 5.79 Å². The first-order chi connectivity index (χ1) is 11.1. The topological polar surface area (TPSA) is 38.7 Å².